The molecule has 94 valence electrons. The summed E-state index contributed by atoms with van der Waals surface area (Å²) in [4.78, 5) is 0. The van der Waals surface area contributed by atoms with Gasteiger partial charge in [-0.15, -0.1) is 0 Å². The Labute approximate surface area is 103 Å². The number of hydrogen-bond acceptors (Lipinski definition) is 3. The third kappa shape index (κ3) is 2.45. The lowest BCUT2D eigenvalue weighted by molar-refractivity contribution is 0.593. The monoisotopic (exact) mass is 254 g/mol. The zero-order valence-corrected chi connectivity index (χ0v) is 11.0. The lowest BCUT2D eigenvalue weighted by Gasteiger charge is -2.24. The SMILES string of the molecule is Cc1cccc(N2CCNCCS2(=O)=O)c1C. The van der Waals surface area contributed by atoms with Gasteiger partial charge in [-0.2, -0.15) is 0 Å². The Morgan fingerprint density at radius 2 is 2.00 bits per heavy atom. The summed E-state index contributed by atoms with van der Waals surface area (Å²) in [5.41, 5.74) is 2.97. The van der Waals surface area contributed by atoms with Crippen LogP contribution in [0.25, 0.3) is 0 Å². The van der Waals surface area contributed by atoms with E-state index < -0.39 is 10.0 Å². The van der Waals surface area contributed by atoms with Gasteiger partial charge in [0.05, 0.1) is 11.4 Å². The summed E-state index contributed by atoms with van der Waals surface area (Å²) in [7, 11) is -3.18. The molecule has 1 aromatic rings. The highest BCUT2D eigenvalue weighted by atomic mass is 32.2. The minimum Gasteiger partial charge on any atom is -0.314 e. The Morgan fingerprint density at radius 1 is 1.24 bits per heavy atom. The minimum atomic E-state index is -3.18. The lowest BCUT2D eigenvalue weighted by atomic mass is 10.1. The molecule has 1 aromatic carbocycles. The molecular formula is C12H18N2O2S. The van der Waals surface area contributed by atoms with Crippen LogP contribution >= 0.6 is 0 Å². The number of aryl methyl sites for hydroxylation is 1. The van der Waals surface area contributed by atoms with Crippen LogP contribution < -0.4 is 9.62 Å². The summed E-state index contributed by atoms with van der Waals surface area (Å²) in [6, 6.07) is 5.79. The third-order valence-electron chi connectivity index (χ3n) is 3.21. The summed E-state index contributed by atoms with van der Waals surface area (Å²) in [5, 5.41) is 3.12. The van der Waals surface area contributed by atoms with E-state index in [0.29, 0.717) is 19.6 Å². The molecule has 0 atom stereocenters. The van der Waals surface area contributed by atoms with Gasteiger partial charge in [-0.25, -0.2) is 8.42 Å². The van der Waals surface area contributed by atoms with Gasteiger partial charge in [0.2, 0.25) is 10.0 Å². The Kier molecular flexibility index (Phi) is 3.40. The minimum absolute atomic E-state index is 0.167. The number of rotatable bonds is 1. The van der Waals surface area contributed by atoms with E-state index in [-0.39, 0.29) is 5.75 Å². The summed E-state index contributed by atoms with van der Waals surface area (Å²) in [6.07, 6.45) is 0. The van der Waals surface area contributed by atoms with Gasteiger partial charge in [0.25, 0.3) is 0 Å². The van der Waals surface area contributed by atoms with Gasteiger partial charge < -0.3 is 5.32 Å². The number of sulfonamides is 1. The zero-order chi connectivity index (χ0) is 12.5. The summed E-state index contributed by atoms with van der Waals surface area (Å²) < 4.78 is 25.8. The second-order valence-corrected chi connectivity index (χ2v) is 6.37. The Morgan fingerprint density at radius 3 is 2.76 bits per heavy atom. The topological polar surface area (TPSA) is 49.4 Å². The molecule has 1 fully saturated rings. The summed E-state index contributed by atoms with van der Waals surface area (Å²) in [5.74, 6) is 0.167. The van der Waals surface area contributed by atoms with E-state index in [4.69, 9.17) is 0 Å². The fourth-order valence-corrected chi connectivity index (χ4v) is 3.52. The zero-order valence-electron chi connectivity index (χ0n) is 10.2. The molecule has 0 bridgehead atoms. The molecule has 0 aromatic heterocycles. The third-order valence-corrected chi connectivity index (χ3v) is 4.98. The van der Waals surface area contributed by atoms with E-state index in [9.17, 15) is 8.42 Å². The molecule has 1 saturated heterocycles. The standard InChI is InChI=1S/C12H18N2O2S/c1-10-4-3-5-12(11(10)2)14-8-6-13-7-9-17(14,15)16/h3-5,13H,6-9H2,1-2H3. The Balaban J connectivity index is 2.47. The van der Waals surface area contributed by atoms with Crippen molar-refractivity contribution < 1.29 is 8.42 Å². The van der Waals surface area contributed by atoms with Crippen LogP contribution in [0.15, 0.2) is 18.2 Å². The van der Waals surface area contributed by atoms with Crippen molar-refractivity contribution in [3.05, 3.63) is 29.3 Å². The highest BCUT2D eigenvalue weighted by Gasteiger charge is 2.25. The van der Waals surface area contributed by atoms with Crippen LogP contribution in [0.5, 0.6) is 0 Å². The van der Waals surface area contributed by atoms with Gasteiger partial charge in [-0.3, -0.25) is 4.31 Å². The smallest absolute Gasteiger partial charge is 0.236 e. The first-order valence-electron chi connectivity index (χ1n) is 5.80. The van der Waals surface area contributed by atoms with Crippen LogP contribution in [-0.2, 0) is 10.0 Å². The average molecular weight is 254 g/mol. The summed E-state index contributed by atoms with van der Waals surface area (Å²) in [6.45, 7) is 5.71. The van der Waals surface area contributed by atoms with Crippen LogP contribution in [0, 0.1) is 13.8 Å². The second kappa shape index (κ2) is 4.66. The highest BCUT2D eigenvalue weighted by molar-refractivity contribution is 7.92. The molecular weight excluding hydrogens is 236 g/mol. The molecule has 1 aliphatic rings. The van der Waals surface area contributed by atoms with Crippen molar-refractivity contribution in [1.82, 2.24) is 5.32 Å². The maximum atomic E-state index is 12.2. The second-order valence-electron chi connectivity index (χ2n) is 4.36. The van der Waals surface area contributed by atoms with Crippen molar-refractivity contribution in [2.45, 2.75) is 13.8 Å². The number of nitrogens with zero attached hydrogens (tertiary/aromatic N) is 1. The fourth-order valence-electron chi connectivity index (χ4n) is 2.03. The molecule has 2 rings (SSSR count). The molecule has 17 heavy (non-hydrogen) atoms. The largest absolute Gasteiger partial charge is 0.314 e. The van der Waals surface area contributed by atoms with E-state index >= 15 is 0 Å². The number of nitrogens with one attached hydrogen (secondary N) is 1. The molecule has 0 saturated carbocycles. The van der Waals surface area contributed by atoms with Crippen molar-refractivity contribution in [1.29, 1.82) is 0 Å². The number of benzene rings is 1. The molecule has 0 radical (unpaired) electrons. The molecule has 1 N–H and O–H groups in total. The first-order chi connectivity index (χ1) is 8.02. The van der Waals surface area contributed by atoms with E-state index in [1.807, 2.05) is 32.0 Å². The van der Waals surface area contributed by atoms with Gasteiger partial charge in [0.15, 0.2) is 0 Å². The molecule has 1 aliphatic heterocycles. The maximum Gasteiger partial charge on any atom is 0.236 e. The van der Waals surface area contributed by atoms with E-state index in [0.717, 1.165) is 16.8 Å². The first-order valence-corrected chi connectivity index (χ1v) is 7.40. The van der Waals surface area contributed by atoms with Crippen LogP contribution in [0.3, 0.4) is 0 Å². The van der Waals surface area contributed by atoms with Crippen molar-refractivity contribution >= 4 is 15.7 Å². The fraction of sp³-hybridized carbons (Fsp3) is 0.500. The van der Waals surface area contributed by atoms with Crippen LogP contribution in [0.2, 0.25) is 0 Å². The van der Waals surface area contributed by atoms with Gasteiger partial charge in [-0.05, 0) is 31.0 Å². The Bertz CT molecular complexity index is 511. The number of hydrogen-bond donors (Lipinski definition) is 1. The lowest BCUT2D eigenvalue weighted by Crippen LogP contribution is -2.34. The average Bonchev–Trinajstić information content (AvgIpc) is 2.44. The first kappa shape index (κ1) is 12.4. The quantitative estimate of drug-likeness (QED) is 0.815. The van der Waals surface area contributed by atoms with Crippen molar-refractivity contribution in [3.8, 4) is 0 Å². The van der Waals surface area contributed by atoms with Crippen LogP contribution in [0.1, 0.15) is 11.1 Å². The van der Waals surface area contributed by atoms with Gasteiger partial charge in [-0.1, -0.05) is 12.1 Å². The van der Waals surface area contributed by atoms with Crippen LogP contribution in [-0.4, -0.2) is 33.8 Å². The predicted octanol–water partition coefficient (Wildman–Crippen LogP) is 1.04. The molecule has 0 spiro atoms. The Hall–Kier alpha value is -1.07. The summed E-state index contributed by atoms with van der Waals surface area (Å²) >= 11 is 0. The van der Waals surface area contributed by atoms with Crippen molar-refractivity contribution in [3.63, 3.8) is 0 Å². The predicted molar refractivity (Wildman–Crippen MR) is 69.9 cm³/mol. The molecule has 4 nitrogen and oxygen atoms in total. The van der Waals surface area contributed by atoms with Gasteiger partial charge in [0.1, 0.15) is 0 Å². The van der Waals surface area contributed by atoms with E-state index in [1.165, 1.54) is 4.31 Å². The number of anilines is 1. The van der Waals surface area contributed by atoms with Gasteiger partial charge >= 0.3 is 0 Å². The molecule has 5 heteroatoms. The molecule has 0 unspecified atom stereocenters. The van der Waals surface area contributed by atoms with Gasteiger partial charge in [0, 0.05) is 19.6 Å². The maximum absolute atomic E-state index is 12.2. The molecule has 0 aliphatic carbocycles. The van der Waals surface area contributed by atoms with Crippen LogP contribution in [0.4, 0.5) is 5.69 Å². The molecule has 1 heterocycles. The van der Waals surface area contributed by atoms with Crippen molar-refractivity contribution in [2.75, 3.05) is 29.7 Å². The normalized spacial score (nSPS) is 20.0. The highest BCUT2D eigenvalue weighted by Crippen LogP contribution is 2.25. The molecule has 0 amide bonds. The van der Waals surface area contributed by atoms with Crippen molar-refractivity contribution in [2.24, 2.45) is 0 Å². The van der Waals surface area contributed by atoms with E-state index in [2.05, 4.69) is 5.32 Å². The van der Waals surface area contributed by atoms with E-state index in [1.54, 1.807) is 0 Å².